The first kappa shape index (κ1) is 24.9. The summed E-state index contributed by atoms with van der Waals surface area (Å²) >= 11 is 0. The molecule has 3 aromatic carbocycles. The Labute approximate surface area is 210 Å². The number of rotatable bonds is 12. The van der Waals surface area contributed by atoms with E-state index in [1.807, 2.05) is 18.2 Å². The summed E-state index contributed by atoms with van der Waals surface area (Å²) in [5.41, 5.74) is 6.08. The molecule has 0 fully saturated rings. The number of likely N-dealkylation sites (N-methyl/N-ethyl adjacent to an activating group) is 1. The fourth-order valence-corrected chi connectivity index (χ4v) is 4.59. The Bertz CT molecular complexity index is 1110. The molecule has 0 aromatic heterocycles. The van der Waals surface area contributed by atoms with Gasteiger partial charge in [0, 0.05) is 6.54 Å². The van der Waals surface area contributed by atoms with E-state index in [1.54, 1.807) is 7.11 Å². The van der Waals surface area contributed by atoms with E-state index in [-0.39, 0.29) is 0 Å². The third-order valence-corrected chi connectivity index (χ3v) is 6.51. The Morgan fingerprint density at radius 1 is 0.857 bits per heavy atom. The van der Waals surface area contributed by atoms with Gasteiger partial charge in [-0.05, 0) is 84.4 Å². The fourth-order valence-electron chi connectivity index (χ4n) is 4.59. The minimum Gasteiger partial charge on any atom is -0.493 e. The minimum atomic E-state index is 0.509. The van der Waals surface area contributed by atoms with Crippen LogP contribution in [0.1, 0.15) is 48.9 Å². The second kappa shape index (κ2) is 12.5. The van der Waals surface area contributed by atoms with Gasteiger partial charge in [-0.3, -0.25) is 0 Å². The molecule has 0 unspecified atom stereocenters. The maximum Gasteiger partial charge on any atom is 0.162 e. The van der Waals surface area contributed by atoms with E-state index in [0.717, 1.165) is 55.3 Å². The van der Waals surface area contributed by atoms with Crippen LogP contribution in [0.5, 0.6) is 17.2 Å². The molecule has 0 saturated carbocycles. The molecule has 4 rings (SSSR count). The summed E-state index contributed by atoms with van der Waals surface area (Å²) < 4.78 is 17.9. The molecule has 0 bridgehead atoms. The standard InChI is InChI=1S/C31H37NO3/c1-4-18-32(5-2)19-20-34-27-16-14-25(15-17-27)28-13-9-12-26-21-30(33-3)31(22-29(26)28)35-23-24-10-7-6-8-11-24/h6-8,10-11,13-17,21-22H,4-5,9,12,18-20,23H2,1-3H3. The first-order valence-electron chi connectivity index (χ1n) is 12.8. The molecule has 35 heavy (non-hydrogen) atoms. The second-order valence-corrected chi connectivity index (χ2v) is 8.90. The van der Waals surface area contributed by atoms with Gasteiger partial charge in [-0.2, -0.15) is 0 Å². The molecule has 1 aliphatic carbocycles. The van der Waals surface area contributed by atoms with Crippen molar-refractivity contribution in [3.05, 3.63) is 95.1 Å². The molecule has 0 spiro atoms. The number of hydrogen-bond donors (Lipinski definition) is 0. The number of allylic oxidation sites excluding steroid dienone is 1. The number of fused-ring (bicyclic) bond motifs is 1. The van der Waals surface area contributed by atoms with Crippen molar-refractivity contribution in [2.75, 3.05) is 33.4 Å². The quantitative estimate of drug-likeness (QED) is 0.292. The van der Waals surface area contributed by atoms with E-state index in [1.165, 1.54) is 28.7 Å². The third-order valence-electron chi connectivity index (χ3n) is 6.51. The van der Waals surface area contributed by atoms with Crippen molar-refractivity contribution in [3.63, 3.8) is 0 Å². The average molecular weight is 472 g/mol. The summed E-state index contributed by atoms with van der Waals surface area (Å²) in [4.78, 5) is 2.42. The highest BCUT2D eigenvalue weighted by atomic mass is 16.5. The zero-order valence-corrected chi connectivity index (χ0v) is 21.3. The molecule has 1 aliphatic rings. The van der Waals surface area contributed by atoms with Crippen LogP contribution in [0.4, 0.5) is 0 Å². The molecule has 0 aliphatic heterocycles. The molecule has 0 saturated heterocycles. The van der Waals surface area contributed by atoms with Gasteiger partial charge in [-0.15, -0.1) is 0 Å². The number of nitrogens with zero attached hydrogens (tertiary/aromatic N) is 1. The lowest BCUT2D eigenvalue weighted by atomic mass is 9.86. The number of ether oxygens (including phenoxy) is 3. The van der Waals surface area contributed by atoms with Crippen molar-refractivity contribution in [2.24, 2.45) is 0 Å². The number of benzene rings is 3. The monoisotopic (exact) mass is 471 g/mol. The van der Waals surface area contributed by atoms with Gasteiger partial charge in [0.05, 0.1) is 7.11 Å². The lowest BCUT2D eigenvalue weighted by Crippen LogP contribution is -2.28. The Kier molecular flexibility index (Phi) is 8.85. The summed E-state index contributed by atoms with van der Waals surface area (Å²) in [5, 5.41) is 0. The van der Waals surface area contributed by atoms with Crippen LogP contribution in [-0.2, 0) is 13.0 Å². The SMILES string of the molecule is CCCN(CC)CCOc1ccc(C2=CCCc3cc(OC)c(OCc4ccccc4)cc32)cc1. The predicted octanol–water partition coefficient (Wildman–Crippen LogP) is 6.76. The van der Waals surface area contributed by atoms with Crippen LogP contribution in [0.3, 0.4) is 0 Å². The molecule has 4 heteroatoms. The first-order valence-corrected chi connectivity index (χ1v) is 12.8. The van der Waals surface area contributed by atoms with Crippen LogP contribution in [0.15, 0.2) is 72.8 Å². The lowest BCUT2D eigenvalue weighted by molar-refractivity contribution is 0.216. The van der Waals surface area contributed by atoms with Crippen molar-refractivity contribution in [1.29, 1.82) is 0 Å². The Morgan fingerprint density at radius 2 is 1.66 bits per heavy atom. The van der Waals surface area contributed by atoms with Gasteiger partial charge < -0.3 is 19.1 Å². The molecule has 0 radical (unpaired) electrons. The first-order chi connectivity index (χ1) is 17.2. The fraction of sp³-hybridized carbons (Fsp3) is 0.355. The minimum absolute atomic E-state index is 0.509. The second-order valence-electron chi connectivity index (χ2n) is 8.90. The molecular formula is C31H37NO3. The maximum atomic E-state index is 6.20. The van der Waals surface area contributed by atoms with Gasteiger partial charge >= 0.3 is 0 Å². The predicted molar refractivity (Wildman–Crippen MR) is 144 cm³/mol. The van der Waals surface area contributed by atoms with Gasteiger partial charge in [0.1, 0.15) is 19.0 Å². The van der Waals surface area contributed by atoms with Crippen LogP contribution in [0.25, 0.3) is 5.57 Å². The average Bonchev–Trinajstić information content (AvgIpc) is 2.91. The van der Waals surface area contributed by atoms with Gasteiger partial charge in [0.25, 0.3) is 0 Å². The largest absolute Gasteiger partial charge is 0.493 e. The van der Waals surface area contributed by atoms with E-state index < -0.39 is 0 Å². The van der Waals surface area contributed by atoms with Crippen LogP contribution in [0, 0.1) is 0 Å². The van der Waals surface area contributed by atoms with Crippen LogP contribution >= 0.6 is 0 Å². The van der Waals surface area contributed by atoms with Crippen LogP contribution in [0.2, 0.25) is 0 Å². The molecule has 184 valence electrons. The van der Waals surface area contributed by atoms with Crippen molar-refractivity contribution in [1.82, 2.24) is 4.90 Å². The molecule has 4 nitrogen and oxygen atoms in total. The van der Waals surface area contributed by atoms with E-state index >= 15 is 0 Å². The molecule has 0 amide bonds. The van der Waals surface area contributed by atoms with E-state index in [9.17, 15) is 0 Å². The topological polar surface area (TPSA) is 30.9 Å². The maximum absolute atomic E-state index is 6.20. The van der Waals surface area contributed by atoms with Gasteiger partial charge in [0.2, 0.25) is 0 Å². The van der Waals surface area contributed by atoms with Crippen molar-refractivity contribution in [2.45, 2.75) is 39.7 Å². The highest BCUT2D eigenvalue weighted by Crippen LogP contribution is 2.39. The molecular weight excluding hydrogens is 434 g/mol. The zero-order chi connectivity index (χ0) is 24.5. The Balaban J connectivity index is 1.48. The van der Waals surface area contributed by atoms with Crippen molar-refractivity contribution < 1.29 is 14.2 Å². The summed E-state index contributed by atoms with van der Waals surface area (Å²) in [5.74, 6) is 2.48. The zero-order valence-electron chi connectivity index (χ0n) is 21.3. The van der Waals surface area contributed by atoms with Crippen LogP contribution < -0.4 is 14.2 Å². The summed E-state index contributed by atoms with van der Waals surface area (Å²) in [6.07, 6.45) is 5.51. The number of methoxy groups -OCH3 is 1. The van der Waals surface area contributed by atoms with E-state index in [4.69, 9.17) is 14.2 Å². The van der Waals surface area contributed by atoms with Crippen molar-refractivity contribution in [3.8, 4) is 17.2 Å². The van der Waals surface area contributed by atoms with E-state index in [2.05, 4.69) is 73.4 Å². The lowest BCUT2D eigenvalue weighted by Gasteiger charge is -2.22. The smallest absolute Gasteiger partial charge is 0.162 e. The van der Waals surface area contributed by atoms with Gasteiger partial charge in [-0.1, -0.05) is 62.4 Å². The summed E-state index contributed by atoms with van der Waals surface area (Å²) in [6.45, 7) is 8.77. The third kappa shape index (κ3) is 6.46. The highest BCUT2D eigenvalue weighted by molar-refractivity contribution is 5.84. The molecule has 3 aromatic rings. The number of hydrogen-bond acceptors (Lipinski definition) is 4. The normalized spacial score (nSPS) is 12.7. The number of aryl methyl sites for hydroxylation is 1. The van der Waals surface area contributed by atoms with Gasteiger partial charge in [0.15, 0.2) is 11.5 Å². The highest BCUT2D eigenvalue weighted by Gasteiger charge is 2.19. The van der Waals surface area contributed by atoms with Gasteiger partial charge in [-0.25, -0.2) is 0 Å². The summed E-state index contributed by atoms with van der Waals surface area (Å²) in [6, 6.07) is 23.0. The van der Waals surface area contributed by atoms with Crippen molar-refractivity contribution >= 4 is 5.57 Å². The Hall–Kier alpha value is -3.24. The van der Waals surface area contributed by atoms with E-state index in [0.29, 0.717) is 13.2 Å². The molecule has 0 N–H and O–H groups in total. The Morgan fingerprint density at radius 3 is 2.37 bits per heavy atom. The van der Waals surface area contributed by atoms with Crippen LogP contribution in [-0.4, -0.2) is 38.3 Å². The molecule has 0 heterocycles. The molecule has 0 atom stereocenters. The summed E-state index contributed by atoms with van der Waals surface area (Å²) in [7, 11) is 1.71.